The molecule has 0 heterocycles. The molecular formula is C9H19O4P. The summed E-state index contributed by atoms with van der Waals surface area (Å²) in [6, 6.07) is 0. The van der Waals surface area contributed by atoms with Gasteiger partial charge in [-0.1, -0.05) is 0 Å². The minimum Gasteiger partial charge on any atom is -0.486 e. The minimum atomic E-state index is -3.21. The summed E-state index contributed by atoms with van der Waals surface area (Å²) in [7, 11) is -3.21. The normalized spacial score (nSPS) is 13.0. The molecular weight excluding hydrogens is 203 g/mol. The first kappa shape index (κ1) is 13.7. The van der Waals surface area contributed by atoms with Crippen molar-refractivity contribution in [1.82, 2.24) is 0 Å². The fourth-order valence-electron chi connectivity index (χ4n) is 0.973. The van der Waals surface area contributed by atoms with Gasteiger partial charge in [-0.25, -0.2) is 0 Å². The average molecular weight is 222 g/mol. The number of hydrogen-bond donors (Lipinski definition) is 0. The first-order valence-electron chi connectivity index (χ1n) is 4.83. The van der Waals surface area contributed by atoms with Gasteiger partial charge in [0.15, 0.2) is 0 Å². The Balaban J connectivity index is 4.68. The molecule has 14 heavy (non-hydrogen) atoms. The summed E-state index contributed by atoms with van der Waals surface area (Å²) in [6.45, 7) is 8.23. The smallest absolute Gasteiger partial charge is 0.395 e. The van der Waals surface area contributed by atoms with E-state index in [1.165, 1.54) is 0 Å². The van der Waals surface area contributed by atoms with Crippen molar-refractivity contribution < 1.29 is 18.3 Å². The van der Waals surface area contributed by atoms with E-state index in [-0.39, 0.29) is 0 Å². The second-order valence-corrected chi connectivity index (χ2v) is 4.35. The lowest BCUT2D eigenvalue weighted by molar-refractivity contribution is 0.183. The van der Waals surface area contributed by atoms with Gasteiger partial charge >= 0.3 is 7.60 Å². The molecule has 4 nitrogen and oxygen atoms in total. The van der Waals surface area contributed by atoms with E-state index in [0.29, 0.717) is 25.3 Å². The standard InChI is InChI=1S/C9H19O4P/c1-5-9(11-6-2)14(10,12-7-3)13-8-4/h5H,6-8H2,1-4H3. The number of hydrogen-bond acceptors (Lipinski definition) is 4. The van der Waals surface area contributed by atoms with Crippen molar-refractivity contribution in [1.29, 1.82) is 0 Å². The monoisotopic (exact) mass is 222 g/mol. The van der Waals surface area contributed by atoms with E-state index in [0.717, 1.165) is 0 Å². The Morgan fingerprint density at radius 1 is 1.14 bits per heavy atom. The van der Waals surface area contributed by atoms with Crippen LogP contribution in [0.4, 0.5) is 0 Å². The molecule has 0 saturated carbocycles. The summed E-state index contributed by atoms with van der Waals surface area (Å²) in [5.41, 5.74) is 0.295. The van der Waals surface area contributed by atoms with Gasteiger partial charge < -0.3 is 13.8 Å². The van der Waals surface area contributed by atoms with E-state index < -0.39 is 7.60 Å². The molecule has 0 aliphatic heterocycles. The molecule has 0 aliphatic carbocycles. The molecule has 0 unspecified atom stereocenters. The lowest BCUT2D eigenvalue weighted by Gasteiger charge is -2.19. The molecule has 0 aromatic heterocycles. The quantitative estimate of drug-likeness (QED) is 0.490. The maximum absolute atomic E-state index is 12.1. The van der Waals surface area contributed by atoms with Crippen molar-refractivity contribution in [2.75, 3.05) is 19.8 Å². The molecule has 5 heteroatoms. The summed E-state index contributed by atoms with van der Waals surface area (Å²) >= 11 is 0. The van der Waals surface area contributed by atoms with Crippen molar-refractivity contribution >= 4 is 7.60 Å². The third-order valence-electron chi connectivity index (χ3n) is 1.41. The Morgan fingerprint density at radius 2 is 1.64 bits per heavy atom. The molecule has 0 amide bonds. The summed E-state index contributed by atoms with van der Waals surface area (Å²) in [5.74, 6) is 0. The topological polar surface area (TPSA) is 44.8 Å². The Hall–Kier alpha value is -0.310. The number of allylic oxidation sites excluding steroid dienone is 1. The van der Waals surface area contributed by atoms with E-state index in [2.05, 4.69) is 0 Å². The van der Waals surface area contributed by atoms with Gasteiger partial charge in [0.05, 0.1) is 19.8 Å². The van der Waals surface area contributed by atoms with Gasteiger partial charge in [-0.2, -0.15) is 0 Å². The molecule has 0 aromatic rings. The van der Waals surface area contributed by atoms with Crippen molar-refractivity contribution in [3.8, 4) is 0 Å². The van der Waals surface area contributed by atoms with Crippen LogP contribution in [-0.2, 0) is 18.3 Å². The largest absolute Gasteiger partial charge is 0.486 e. The Kier molecular flexibility index (Phi) is 6.89. The summed E-state index contributed by atoms with van der Waals surface area (Å²) in [4.78, 5) is 0. The van der Waals surface area contributed by atoms with Gasteiger partial charge in [0, 0.05) is 0 Å². The molecule has 0 N–H and O–H groups in total. The van der Waals surface area contributed by atoms with Crippen LogP contribution in [0.15, 0.2) is 11.6 Å². The molecule has 0 fully saturated rings. The summed E-state index contributed by atoms with van der Waals surface area (Å²) in [6.07, 6.45) is 1.62. The van der Waals surface area contributed by atoms with E-state index in [1.54, 1.807) is 26.8 Å². The zero-order valence-electron chi connectivity index (χ0n) is 9.28. The van der Waals surface area contributed by atoms with Gasteiger partial charge in [-0.05, 0) is 33.8 Å². The fourth-order valence-corrected chi connectivity index (χ4v) is 2.59. The molecule has 0 radical (unpaired) electrons. The highest BCUT2D eigenvalue weighted by atomic mass is 31.2. The first-order chi connectivity index (χ1) is 6.64. The fraction of sp³-hybridized carbons (Fsp3) is 0.778. The Morgan fingerprint density at radius 3 is 1.93 bits per heavy atom. The number of ether oxygens (including phenoxy) is 1. The minimum absolute atomic E-state index is 0.295. The lowest BCUT2D eigenvalue weighted by Crippen LogP contribution is -2.01. The van der Waals surface area contributed by atoms with Crippen molar-refractivity contribution in [3.05, 3.63) is 11.6 Å². The highest BCUT2D eigenvalue weighted by Crippen LogP contribution is 2.56. The van der Waals surface area contributed by atoms with Crippen LogP contribution in [0.5, 0.6) is 0 Å². The first-order valence-corrected chi connectivity index (χ1v) is 6.37. The van der Waals surface area contributed by atoms with Crippen molar-refractivity contribution in [3.63, 3.8) is 0 Å². The van der Waals surface area contributed by atoms with E-state index in [1.807, 2.05) is 6.92 Å². The third kappa shape index (κ3) is 3.82. The third-order valence-corrected chi connectivity index (χ3v) is 3.53. The second kappa shape index (κ2) is 7.04. The van der Waals surface area contributed by atoms with Crippen LogP contribution in [0.3, 0.4) is 0 Å². The average Bonchev–Trinajstić information content (AvgIpc) is 2.14. The molecule has 0 bridgehead atoms. The predicted octanol–water partition coefficient (Wildman–Crippen LogP) is 3.15. The van der Waals surface area contributed by atoms with Crippen LogP contribution >= 0.6 is 7.60 Å². The molecule has 0 atom stereocenters. The second-order valence-electron chi connectivity index (χ2n) is 2.39. The molecule has 84 valence electrons. The van der Waals surface area contributed by atoms with Gasteiger partial charge in [-0.15, -0.1) is 0 Å². The van der Waals surface area contributed by atoms with Crippen molar-refractivity contribution in [2.24, 2.45) is 0 Å². The van der Waals surface area contributed by atoms with Crippen molar-refractivity contribution in [2.45, 2.75) is 27.7 Å². The van der Waals surface area contributed by atoms with Gasteiger partial charge in [-0.3, -0.25) is 4.57 Å². The van der Waals surface area contributed by atoms with E-state index in [4.69, 9.17) is 13.8 Å². The van der Waals surface area contributed by atoms with Crippen LogP contribution in [0.2, 0.25) is 0 Å². The highest BCUT2D eigenvalue weighted by Gasteiger charge is 2.30. The Labute approximate surface area is 85.8 Å². The Bertz CT molecular complexity index is 215. The summed E-state index contributed by atoms with van der Waals surface area (Å²) in [5, 5.41) is 0. The predicted molar refractivity (Wildman–Crippen MR) is 56.2 cm³/mol. The zero-order chi connectivity index (χ0) is 11.0. The number of rotatable bonds is 7. The SMILES string of the molecule is CC=C(OCC)P(=O)(OCC)OCC. The molecule has 0 aromatic carbocycles. The van der Waals surface area contributed by atoms with Gasteiger partial charge in [0.1, 0.15) is 0 Å². The van der Waals surface area contributed by atoms with Crippen LogP contribution in [0.25, 0.3) is 0 Å². The van der Waals surface area contributed by atoms with E-state index in [9.17, 15) is 4.57 Å². The zero-order valence-corrected chi connectivity index (χ0v) is 10.2. The van der Waals surface area contributed by atoms with Gasteiger partial charge in [0.2, 0.25) is 5.50 Å². The van der Waals surface area contributed by atoms with Gasteiger partial charge in [0.25, 0.3) is 0 Å². The van der Waals surface area contributed by atoms with E-state index >= 15 is 0 Å². The molecule has 0 saturated heterocycles. The maximum atomic E-state index is 12.1. The van der Waals surface area contributed by atoms with Crippen LogP contribution < -0.4 is 0 Å². The van der Waals surface area contributed by atoms with Crippen LogP contribution in [0.1, 0.15) is 27.7 Å². The lowest BCUT2D eigenvalue weighted by atomic mass is 10.7. The maximum Gasteiger partial charge on any atom is 0.395 e. The van der Waals surface area contributed by atoms with Crippen LogP contribution in [0, 0.1) is 0 Å². The molecule has 0 rings (SSSR count). The van der Waals surface area contributed by atoms with Crippen LogP contribution in [-0.4, -0.2) is 19.8 Å². The highest BCUT2D eigenvalue weighted by molar-refractivity contribution is 7.58. The molecule has 0 spiro atoms. The summed E-state index contributed by atoms with van der Waals surface area (Å²) < 4.78 is 27.5. The molecule has 0 aliphatic rings.